The first kappa shape index (κ1) is 13.8. The molecular weight excluding hydrogens is 287 g/mol. The molecular formula is C13H14Cl2N2S. The van der Waals surface area contributed by atoms with E-state index in [0.717, 1.165) is 30.8 Å². The van der Waals surface area contributed by atoms with E-state index in [4.69, 9.17) is 23.2 Å². The van der Waals surface area contributed by atoms with Crippen molar-refractivity contribution in [1.82, 2.24) is 9.69 Å². The van der Waals surface area contributed by atoms with E-state index in [1.807, 2.05) is 12.1 Å². The Balaban J connectivity index is 2.11. The fourth-order valence-corrected chi connectivity index (χ4v) is 2.58. The van der Waals surface area contributed by atoms with Gasteiger partial charge < -0.3 is 5.32 Å². The van der Waals surface area contributed by atoms with Crippen LogP contribution in [0.15, 0.2) is 24.3 Å². The molecule has 2 rings (SSSR count). The number of halogens is 2. The molecule has 0 fully saturated rings. The lowest BCUT2D eigenvalue weighted by Gasteiger charge is -1.99. The molecule has 2 aromatic rings. The van der Waals surface area contributed by atoms with Crippen molar-refractivity contribution in [2.24, 2.45) is 0 Å². The Morgan fingerprint density at radius 1 is 1.22 bits per heavy atom. The molecule has 5 heteroatoms. The van der Waals surface area contributed by atoms with Gasteiger partial charge in [-0.25, -0.2) is 0 Å². The SMILES string of the molecule is CCCNCc1cc(-c2ccc(Cl)c(Cl)c2)ns1. The first-order chi connectivity index (χ1) is 8.70. The minimum absolute atomic E-state index is 0.563. The van der Waals surface area contributed by atoms with E-state index in [1.54, 1.807) is 6.07 Å². The summed E-state index contributed by atoms with van der Waals surface area (Å²) in [4.78, 5) is 1.23. The average molecular weight is 301 g/mol. The first-order valence-corrected chi connectivity index (χ1v) is 7.35. The third kappa shape index (κ3) is 3.45. The predicted molar refractivity (Wildman–Crippen MR) is 79.6 cm³/mol. The fourth-order valence-electron chi connectivity index (χ4n) is 1.58. The fraction of sp³-hybridized carbons (Fsp3) is 0.308. The quantitative estimate of drug-likeness (QED) is 0.815. The number of nitrogens with one attached hydrogen (secondary N) is 1. The minimum Gasteiger partial charge on any atom is -0.312 e. The molecule has 0 bridgehead atoms. The second-order valence-electron chi connectivity index (χ2n) is 3.98. The van der Waals surface area contributed by atoms with E-state index >= 15 is 0 Å². The van der Waals surface area contributed by atoms with Crippen molar-refractivity contribution in [3.63, 3.8) is 0 Å². The zero-order chi connectivity index (χ0) is 13.0. The highest BCUT2D eigenvalue weighted by atomic mass is 35.5. The molecule has 0 saturated carbocycles. The largest absolute Gasteiger partial charge is 0.312 e. The van der Waals surface area contributed by atoms with Gasteiger partial charge in [0.15, 0.2) is 0 Å². The Bertz CT molecular complexity index is 525. The van der Waals surface area contributed by atoms with Crippen LogP contribution in [0.4, 0.5) is 0 Å². The van der Waals surface area contributed by atoms with Gasteiger partial charge in [-0.1, -0.05) is 36.2 Å². The molecule has 1 N–H and O–H groups in total. The van der Waals surface area contributed by atoms with Gasteiger partial charge in [-0.15, -0.1) is 0 Å². The molecule has 0 aliphatic rings. The molecule has 0 saturated heterocycles. The van der Waals surface area contributed by atoms with Crippen molar-refractivity contribution in [2.75, 3.05) is 6.54 Å². The highest BCUT2D eigenvalue weighted by Crippen LogP contribution is 2.29. The van der Waals surface area contributed by atoms with Crippen LogP contribution in [0.3, 0.4) is 0 Å². The van der Waals surface area contributed by atoms with Crippen molar-refractivity contribution in [3.05, 3.63) is 39.2 Å². The second kappa shape index (κ2) is 6.53. The number of benzene rings is 1. The molecule has 0 spiro atoms. The highest BCUT2D eigenvalue weighted by Gasteiger charge is 2.06. The molecule has 0 aliphatic heterocycles. The summed E-state index contributed by atoms with van der Waals surface area (Å²) >= 11 is 13.4. The highest BCUT2D eigenvalue weighted by molar-refractivity contribution is 7.06. The molecule has 1 heterocycles. The maximum Gasteiger partial charge on any atom is 0.0844 e. The Hall–Kier alpha value is -0.610. The van der Waals surface area contributed by atoms with E-state index in [0.29, 0.717) is 10.0 Å². The van der Waals surface area contributed by atoms with Gasteiger partial charge in [0, 0.05) is 17.0 Å². The Labute approximate surface area is 121 Å². The van der Waals surface area contributed by atoms with Gasteiger partial charge in [-0.05, 0) is 42.7 Å². The van der Waals surface area contributed by atoms with Crippen LogP contribution in [0.1, 0.15) is 18.2 Å². The molecule has 0 unspecified atom stereocenters. The molecule has 0 amide bonds. The standard InChI is InChI=1S/C13H14Cl2N2S/c1-2-5-16-8-10-7-13(17-18-10)9-3-4-11(14)12(15)6-9/h3-4,6-7,16H,2,5,8H2,1H3. The number of nitrogens with zero attached hydrogens (tertiary/aromatic N) is 1. The monoisotopic (exact) mass is 300 g/mol. The van der Waals surface area contributed by atoms with Crippen LogP contribution in [-0.4, -0.2) is 10.9 Å². The second-order valence-corrected chi connectivity index (χ2v) is 5.69. The lowest BCUT2D eigenvalue weighted by Crippen LogP contribution is -2.12. The first-order valence-electron chi connectivity index (χ1n) is 5.82. The Morgan fingerprint density at radius 3 is 2.78 bits per heavy atom. The van der Waals surface area contributed by atoms with Crippen LogP contribution in [0.25, 0.3) is 11.3 Å². The lowest BCUT2D eigenvalue weighted by atomic mass is 10.1. The predicted octanol–water partition coefficient (Wildman–Crippen LogP) is 4.62. The van der Waals surface area contributed by atoms with E-state index in [9.17, 15) is 0 Å². The summed E-state index contributed by atoms with van der Waals surface area (Å²) < 4.78 is 4.44. The van der Waals surface area contributed by atoms with Crippen LogP contribution in [0.5, 0.6) is 0 Å². The normalized spacial score (nSPS) is 10.8. The molecule has 18 heavy (non-hydrogen) atoms. The summed E-state index contributed by atoms with van der Waals surface area (Å²) in [5, 5.41) is 4.49. The Kier molecular flexibility index (Phi) is 5.01. The van der Waals surface area contributed by atoms with Crippen LogP contribution < -0.4 is 5.32 Å². The molecule has 0 atom stereocenters. The smallest absolute Gasteiger partial charge is 0.0844 e. The van der Waals surface area contributed by atoms with Crippen molar-refractivity contribution >= 4 is 34.7 Å². The van der Waals surface area contributed by atoms with Crippen LogP contribution in [0.2, 0.25) is 10.0 Å². The van der Waals surface area contributed by atoms with Crippen LogP contribution in [-0.2, 0) is 6.54 Å². The molecule has 0 aliphatic carbocycles. The van der Waals surface area contributed by atoms with Crippen LogP contribution in [0, 0.1) is 0 Å². The van der Waals surface area contributed by atoms with Crippen molar-refractivity contribution in [1.29, 1.82) is 0 Å². The van der Waals surface area contributed by atoms with E-state index < -0.39 is 0 Å². The number of hydrogen-bond acceptors (Lipinski definition) is 3. The van der Waals surface area contributed by atoms with Gasteiger partial charge in [0.2, 0.25) is 0 Å². The zero-order valence-corrected chi connectivity index (χ0v) is 12.4. The average Bonchev–Trinajstić information content (AvgIpc) is 2.82. The molecule has 1 aromatic heterocycles. The summed E-state index contributed by atoms with van der Waals surface area (Å²) in [6.45, 7) is 4.05. The number of rotatable bonds is 5. The van der Waals surface area contributed by atoms with Crippen LogP contribution >= 0.6 is 34.7 Å². The topological polar surface area (TPSA) is 24.9 Å². The van der Waals surface area contributed by atoms with Crippen molar-refractivity contribution in [2.45, 2.75) is 19.9 Å². The summed E-state index contributed by atoms with van der Waals surface area (Å²) in [6, 6.07) is 7.68. The maximum atomic E-state index is 6.00. The van der Waals surface area contributed by atoms with Gasteiger partial charge in [0.1, 0.15) is 0 Å². The Morgan fingerprint density at radius 2 is 2.06 bits per heavy atom. The summed E-state index contributed by atoms with van der Waals surface area (Å²) in [6.07, 6.45) is 1.14. The van der Waals surface area contributed by atoms with E-state index in [2.05, 4.69) is 22.7 Å². The molecule has 0 radical (unpaired) electrons. The van der Waals surface area contributed by atoms with Gasteiger partial charge in [-0.3, -0.25) is 0 Å². The minimum atomic E-state index is 0.563. The number of aromatic nitrogens is 1. The molecule has 2 nitrogen and oxygen atoms in total. The van der Waals surface area contributed by atoms with E-state index in [-0.39, 0.29) is 0 Å². The number of hydrogen-bond donors (Lipinski definition) is 1. The lowest BCUT2D eigenvalue weighted by molar-refractivity contribution is 0.681. The van der Waals surface area contributed by atoms with Gasteiger partial charge in [-0.2, -0.15) is 4.37 Å². The summed E-state index contributed by atoms with van der Waals surface area (Å²) in [7, 11) is 0. The third-order valence-electron chi connectivity index (χ3n) is 2.50. The summed E-state index contributed by atoms with van der Waals surface area (Å²) in [5.74, 6) is 0. The third-order valence-corrected chi connectivity index (χ3v) is 4.02. The van der Waals surface area contributed by atoms with Crippen molar-refractivity contribution < 1.29 is 0 Å². The van der Waals surface area contributed by atoms with Gasteiger partial charge in [0.05, 0.1) is 15.7 Å². The van der Waals surface area contributed by atoms with Crippen molar-refractivity contribution in [3.8, 4) is 11.3 Å². The zero-order valence-electron chi connectivity index (χ0n) is 10.0. The maximum absolute atomic E-state index is 6.00. The van der Waals surface area contributed by atoms with E-state index in [1.165, 1.54) is 16.4 Å². The molecule has 96 valence electrons. The molecule has 1 aromatic carbocycles. The summed E-state index contributed by atoms with van der Waals surface area (Å²) in [5.41, 5.74) is 1.95. The van der Waals surface area contributed by atoms with Gasteiger partial charge in [0.25, 0.3) is 0 Å². The van der Waals surface area contributed by atoms with Gasteiger partial charge >= 0.3 is 0 Å².